The van der Waals surface area contributed by atoms with Gasteiger partial charge in [0.2, 0.25) is 0 Å². The molecule has 0 radical (unpaired) electrons. The summed E-state index contributed by atoms with van der Waals surface area (Å²) in [4.78, 5) is 18.9. The third-order valence-corrected chi connectivity index (χ3v) is 5.10. The fourth-order valence-electron chi connectivity index (χ4n) is 2.63. The van der Waals surface area contributed by atoms with E-state index in [1.54, 1.807) is 17.0 Å². The van der Waals surface area contributed by atoms with Gasteiger partial charge in [-0.05, 0) is 50.2 Å². The normalized spacial score (nSPS) is 18.0. The van der Waals surface area contributed by atoms with Crippen LogP contribution in [0.2, 0.25) is 0 Å². The quantitative estimate of drug-likeness (QED) is 0.742. The second-order valence-corrected chi connectivity index (χ2v) is 6.98. The van der Waals surface area contributed by atoms with E-state index in [0.29, 0.717) is 17.5 Å². The lowest BCUT2D eigenvalue weighted by atomic mass is 10.3. The SMILES string of the molecule is CCOc1ccc(N=C2SC[C@@H](C)N2C(=O)COc2cccc(F)c2)cc1. The number of carbonyl (C=O) groups excluding carboxylic acids is 1. The molecule has 0 spiro atoms. The summed E-state index contributed by atoms with van der Waals surface area (Å²) < 4.78 is 24.1. The van der Waals surface area contributed by atoms with E-state index in [0.717, 1.165) is 17.2 Å². The van der Waals surface area contributed by atoms with Crippen LogP contribution in [0, 0.1) is 5.82 Å². The Morgan fingerprint density at radius 1 is 1.22 bits per heavy atom. The Hall–Kier alpha value is -2.54. The molecule has 2 aromatic rings. The minimum absolute atomic E-state index is 0.0139. The van der Waals surface area contributed by atoms with Gasteiger partial charge < -0.3 is 9.47 Å². The van der Waals surface area contributed by atoms with Gasteiger partial charge in [0.25, 0.3) is 5.91 Å². The molecule has 5 nitrogen and oxygen atoms in total. The van der Waals surface area contributed by atoms with Crippen molar-refractivity contribution in [2.45, 2.75) is 19.9 Å². The Balaban J connectivity index is 1.69. The second kappa shape index (κ2) is 8.90. The molecule has 27 heavy (non-hydrogen) atoms. The molecule has 1 atom stereocenters. The average Bonchev–Trinajstić information content (AvgIpc) is 3.02. The van der Waals surface area contributed by atoms with Gasteiger partial charge in [0.15, 0.2) is 11.8 Å². The predicted octanol–water partition coefficient (Wildman–Crippen LogP) is 4.25. The van der Waals surface area contributed by atoms with Gasteiger partial charge in [-0.3, -0.25) is 9.69 Å². The molecule has 1 amide bonds. The maximum Gasteiger partial charge on any atom is 0.266 e. The van der Waals surface area contributed by atoms with Crippen LogP contribution in [0.5, 0.6) is 11.5 Å². The van der Waals surface area contributed by atoms with Gasteiger partial charge in [0, 0.05) is 17.9 Å². The first-order valence-corrected chi connectivity index (χ1v) is 9.70. The lowest BCUT2D eigenvalue weighted by Gasteiger charge is -2.21. The molecule has 0 unspecified atom stereocenters. The summed E-state index contributed by atoms with van der Waals surface area (Å²) in [6, 6.07) is 13.2. The van der Waals surface area contributed by atoms with E-state index in [4.69, 9.17) is 9.47 Å². The van der Waals surface area contributed by atoms with Gasteiger partial charge >= 0.3 is 0 Å². The highest BCUT2D eigenvalue weighted by Gasteiger charge is 2.32. The molecule has 142 valence electrons. The van der Waals surface area contributed by atoms with Gasteiger partial charge in [0.05, 0.1) is 12.3 Å². The Kier molecular flexibility index (Phi) is 6.34. The highest BCUT2D eigenvalue weighted by atomic mass is 32.2. The number of hydrogen-bond donors (Lipinski definition) is 0. The second-order valence-electron chi connectivity index (χ2n) is 5.99. The molecule has 3 rings (SSSR count). The van der Waals surface area contributed by atoms with Crippen LogP contribution in [0.1, 0.15) is 13.8 Å². The molecule has 1 aliphatic heterocycles. The van der Waals surface area contributed by atoms with Crippen LogP contribution in [-0.4, -0.2) is 41.0 Å². The minimum Gasteiger partial charge on any atom is -0.494 e. The molecule has 1 fully saturated rings. The van der Waals surface area contributed by atoms with Gasteiger partial charge in [-0.25, -0.2) is 9.38 Å². The van der Waals surface area contributed by atoms with Gasteiger partial charge in [-0.2, -0.15) is 0 Å². The smallest absolute Gasteiger partial charge is 0.266 e. The van der Waals surface area contributed by atoms with Crippen LogP contribution in [0.25, 0.3) is 0 Å². The molecule has 1 aliphatic rings. The van der Waals surface area contributed by atoms with Crippen molar-refractivity contribution >= 4 is 28.5 Å². The van der Waals surface area contributed by atoms with Crippen LogP contribution < -0.4 is 9.47 Å². The third kappa shape index (κ3) is 5.01. The highest BCUT2D eigenvalue weighted by Crippen LogP contribution is 2.28. The summed E-state index contributed by atoms with van der Waals surface area (Å²) in [7, 11) is 0. The molecule has 7 heteroatoms. The van der Waals surface area contributed by atoms with Crippen LogP contribution in [0.15, 0.2) is 53.5 Å². The van der Waals surface area contributed by atoms with Crippen molar-refractivity contribution in [3.8, 4) is 11.5 Å². The standard InChI is InChI=1S/C20H21FN2O3S/c1-3-25-17-9-7-16(8-10-17)22-20-23(14(2)13-27-20)19(24)12-26-18-6-4-5-15(21)11-18/h4-11,14H,3,12-13H2,1-2H3/t14-/m1/s1. The molecular formula is C20H21FN2O3S. The van der Waals surface area contributed by atoms with Crippen LogP contribution in [0.4, 0.5) is 10.1 Å². The number of amides is 1. The fourth-order valence-corrected chi connectivity index (χ4v) is 3.76. The maximum atomic E-state index is 13.2. The Bertz CT molecular complexity index is 826. The molecule has 2 aromatic carbocycles. The van der Waals surface area contributed by atoms with Crippen LogP contribution in [-0.2, 0) is 4.79 Å². The molecule has 0 aliphatic carbocycles. The number of amidine groups is 1. The molecule has 0 saturated carbocycles. The summed E-state index contributed by atoms with van der Waals surface area (Å²) in [6.45, 7) is 4.33. The van der Waals surface area contributed by atoms with Crippen molar-refractivity contribution < 1.29 is 18.7 Å². The summed E-state index contributed by atoms with van der Waals surface area (Å²) in [5, 5.41) is 0.638. The average molecular weight is 388 g/mol. The Labute approximate surface area is 162 Å². The molecule has 1 heterocycles. The van der Waals surface area contributed by atoms with Crippen LogP contribution in [0.3, 0.4) is 0 Å². The van der Waals surface area contributed by atoms with Crippen molar-refractivity contribution in [3.05, 3.63) is 54.3 Å². The molecule has 1 saturated heterocycles. The van der Waals surface area contributed by atoms with E-state index in [1.807, 2.05) is 38.1 Å². The lowest BCUT2D eigenvalue weighted by molar-refractivity contribution is -0.130. The first-order chi connectivity index (χ1) is 13.1. The van der Waals surface area contributed by atoms with E-state index in [1.165, 1.54) is 23.9 Å². The summed E-state index contributed by atoms with van der Waals surface area (Å²) in [6.07, 6.45) is 0. The zero-order chi connectivity index (χ0) is 19.2. The number of rotatable bonds is 6. The van der Waals surface area contributed by atoms with E-state index in [9.17, 15) is 9.18 Å². The lowest BCUT2D eigenvalue weighted by Crippen LogP contribution is -2.40. The maximum absolute atomic E-state index is 13.2. The van der Waals surface area contributed by atoms with E-state index in [-0.39, 0.29) is 18.6 Å². The van der Waals surface area contributed by atoms with Crippen molar-refractivity contribution in [2.24, 2.45) is 4.99 Å². The Morgan fingerprint density at radius 3 is 2.70 bits per heavy atom. The number of thioether (sulfide) groups is 1. The van der Waals surface area contributed by atoms with Crippen molar-refractivity contribution in [1.29, 1.82) is 0 Å². The first-order valence-electron chi connectivity index (χ1n) is 8.71. The topological polar surface area (TPSA) is 51.1 Å². The number of halogens is 1. The van der Waals surface area contributed by atoms with E-state index < -0.39 is 5.82 Å². The predicted molar refractivity (Wildman–Crippen MR) is 105 cm³/mol. The number of ether oxygens (including phenoxy) is 2. The third-order valence-electron chi connectivity index (χ3n) is 3.90. The zero-order valence-electron chi connectivity index (χ0n) is 15.2. The number of aliphatic imine (C=N–C) groups is 1. The molecule has 0 N–H and O–H groups in total. The summed E-state index contributed by atoms with van der Waals surface area (Å²) in [5.41, 5.74) is 0.749. The number of carbonyl (C=O) groups is 1. The first kappa shape index (κ1) is 19.2. The number of benzene rings is 2. The zero-order valence-corrected chi connectivity index (χ0v) is 16.0. The van der Waals surface area contributed by atoms with Crippen molar-refractivity contribution in [2.75, 3.05) is 19.0 Å². The molecule has 0 aromatic heterocycles. The summed E-state index contributed by atoms with van der Waals surface area (Å²) >= 11 is 1.53. The Morgan fingerprint density at radius 2 is 2.00 bits per heavy atom. The van der Waals surface area contributed by atoms with Gasteiger partial charge in [-0.1, -0.05) is 17.8 Å². The highest BCUT2D eigenvalue weighted by molar-refractivity contribution is 8.14. The number of hydrogen-bond acceptors (Lipinski definition) is 5. The van der Waals surface area contributed by atoms with Crippen molar-refractivity contribution in [1.82, 2.24) is 4.90 Å². The minimum atomic E-state index is -0.400. The largest absolute Gasteiger partial charge is 0.494 e. The van der Waals surface area contributed by atoms with Gasteiger partial charge in [0.1, 0.15) is 17.3 Å². The fraction of sp³-hybridized carbons (Fsp3) is 0.300. The van der Waals surface area contributed by atoms with E-state index in [2.05, 4.69) is 4.99 Å². The monoisotopic (exact) mass is 388 g/mol. The molecule has 0 bridgehead atoms. The molecular weight excluding hydrogens is 367 g/mol. The van der Waals surface area contributed by atoms with Crippen LogP contribution >= 0.6 is 11.8 Å². The number of nitrogens with zero attached hydrogens (tertiary/aromatic N) is 2. The van der Waals surface area contributed by atoms with Crippen molar-refractivity contribution in [3.63, 3.8) is 0 Å². The van der Waals surface area contributed by atoms with E-state index >= 15 is 0 Å². The van der Waals surface area contributed by atoms with Gasteiger partial charge in [-0.15, -0.1) is 0 Å². The summed E-state index contributed by atoms with van der Waals surface area (Å²) in [5.74, 6) is 1.27.